The number of H-pyrrole nitrogens is 1. The summed E-state index contributed by atoms with van der Waals surface area (Å²) in [7, 11) is 5.00. The molecule has 25 heavy (non-hydrogen) atoms. The molecule has 2 N–H and O–H groups in total. The number of ether oxygens (including phenoxy) is 2. The van der Waals surface area contributed by atoms with Gasteiger partial charge in [-0.25, -0.2) is 4.98 Å². The molecule has 2 aromatic heterocycles. The van der Waals surface area contributed by atoms with Gasteiger partial charge in [0, 0.05) is 25.5 Å². The Labute approximate surface area is 144 Å². The normalized spacial score (nSPS) is 11.8. The van der Waals surface area contributed by atoms with Crippen LogP contribution in [0.4, 0.5) is 0 Å². The second kappa shape index (κ2) is 7.04. The molecule has 0 fully saturated rings. The zero-order valence-corrected chi connectivity index (χ0v) is 14.1. The van der Waals surface area contributed by atoms with Crippen LogP contribution in [0.15, 0.2) is 36.8 Å². The fourth-order valence-corrected chi connectivity index (χ4v) is 2.46. The van der Waals surface area contributed by atoms with Crippen LogP contribution in [0.5, 0.6) is 11.5 Å². The first-order chi connectivity index (χ1) is 12.1. The number of carbonyl (C=O) groups is 1. The Morgan fingerprint density at radius 1 is 1.24 bits per heavy atom. The minimum absolute atomic E-state index is 0.189. The Kier molecular flexibility index (Phi) is 4.64. The van der Waals surface area contributed by atoms with E-state index >= 15 is 0 Å². The number of carbonyl (C=O) groups excluding carboxylic acids is 1. The lowest BCUT2D eigenvalue weighted by Crippen LogP contribution is -2.31. The molecule has 1 unspecified atom stereocenters. The average molecular weight is 342 g/mol. The number of aromatic nitrogens is 5. The molecular weight excluding hydrogens is 324 g/mol. The van der Waals surface area contributed by atoms with Crippen molar-refractivity contribution in [2.45, 2.75) is 6.04 Å². The van der Waals surface area contributed by atoms with Gasteiger partial charge < -0.3 is 19.4 Å². The lowest BCUT2D eigenvalue weighted by atomic mass is 10.0. The van der Waals surface area contributed by atoms with E-state index in [1.54, 1.807) is 26.5 Å². The van der Waals surface area contributed by atoms with Crippen LogP contribution in [0.25, 0.3) is 0 Å². The fourth-order valence-electron chi connectivity index (χ4n) is 2.46. The minimum atomic E-state index is -0.520. The van der Waals surface area contributed by atoms with E-state index < -0.39 is 6.04 Å². The Morgan fingerprint density at radius 3 is 2.48 bits per heavy atom. The van der Waals surface area contributed by atoms with Crippen LogP contribution in [0.3, 0.4) is 0 Å². The van der Waals surface area contributed by atoms with Crippen molar-refractivity contribution in [2.75, 3.05) is 14.2 Å². The van der Waals surface area contributed by atoms with E-state index in [4.69, 9.17) is 9.47 Å². The lowest BCUT2D eigenvalue weighted by Gasteiger charge is -2.20. The molecule has 0 bridgehead atoms. The van der Waals surface area contributed by atoms with Gasteiger partial charge in [0.25, 0.3) is 5.91 Å². The van der Waals surface area contributed by atoms with Crippen LogP contribution in [0, 0.1) is 0 Å². The molecule has 0 spiro atoms. The number of aryl methyl sites for hydroxylation is 1. The molecule has 1 aromatic carbocycles. The summed E-state index contributed by atoms with van der Waals surface area (Å²) >= 11 is 0. The summed E-state index contributed by atoms with van der Waals surface area (Å²) in [6.45, 7) is 0. The molecular formula is C16H18N6O3. The quantitative estimate of drug-likeness (QED) is 0.694. The van der Waals surface area contributed by atoms with E-state index in [0.29, 0.717) is 17.3 Å². The monoisotopic (exact) mass is 342 g/mol. The fraction of sp³-hybridized carbons (Fsp3) is 0.250. The second-order valence-electron chi connectivity index (χ2n) is 5.30. The summed E-state index contributed by atoms with van der Waals surface area (Å²) in [4.78, 5) is 16.8. The summed E-state index contributed by atoms with van der Waals surface area (Å²) < 4.78 is 12.5. The highest BCUT2D eigenvalue weighted by molar-refractivity contribution is 5.92. The molecule has 0 aliphatic heterocycles. The number of amides is 1. The SMILES string of the molecule is COc1cc(OC)cc(C(NC(=O)c2cn[nH]n2)c2nccn2C)c1. The standard InChI is InChI=1S/C16H18N6O3/c1-22-5-4-17-15(22)14(19-16(23)13-9-18-21-20-13)10-6-11(24-2)8-12(7-10)25-3/h4-9,14H,1-3H3,(H,19,23)(H,18,20,21). The summed E-state index contributed by atoms with van der Waals surface area (Å²) in [6, 6.07) is 4.89. The number of benzene rings is 1. The highest BCUT2D eigenvalue weighted by atomic mass is 16.5. The number of rotatable bonds is 6. The predicted molar refractivity (Wildman–Crippen MR) is 88.4 cm³/mol. The maximum Gasteiger partial charge on any atom is 0.274 e. The molecule has 0 saturated carbocycles. The van der Waals surface area contributed by atoms with Gasteiger partial charge in [-0.3, -0.25) is 4.79 Å². The van der Waals surface area contributed by atoms with Gasteiger partial charge in [-0.1, -0.05) is 0 Å². The van der Waals surface area contributed by atoms with Crippen molar-refractivity contribution in [3.05, 3.63) is 53.9 Å². The largest absolute Gasteiger partial charge is 0.497 e. The number of hydrogen-bond donors (Lipinski definition) is 2. The van der Waals surface area contributed by atoms with Crippen molar-refractivity contribution >= 4 is 5.91 Å². The molecule has 2 heterocycles. The van der Waals surface area contributed by atoms with Crippen LogP contribution in [0.1, 0.15) is 27.9 Å². The van der Waals surface area contributed by atoms with Gasteiger partial charge in [0.2, 0.25) is 0 Å². The molecule has 3 rings (SSSR count). The Balaban J connectivity index is 2.02. The first kappa shape index (κ1) is 16.5. The minimum Gasteiger partial charge on any atom is -0.497 e. The molecule has 1 atom stereocenters. The molecule has 130 valence electrons. The first-order valence-electron chi connectivity index (χ1n) is 7.49. The third-order valence-corrected chi connectivity index (χ3v) is 3.75. The zero-order valence-electron chi connectivity index (χ0n) is 14.1. The van der Waals surface area contributed by atoms with Crippen molar-refractivity contribution in [2.24, 2.45) is 7.05 Å². The Bertz CT molecular complexity index is 836. The summed E-state index contributed by atoms with van der Waals surface area (Å²) in [5.74, 6) is 1.52. The van der Waals surface area contributed by atoms with Crippen molar-refractivity contribution in [1.29, 1.82) is 0 Å². The Hall–Kier alpha value is -3.36. The molecule has 0 saturated heterocycles. The van der Waals surface area contributed by atoms with E-state index in [1.165, 1.54) is 6.20 Å². The van der Waals surface area contributed by atoms with Gasteiger partial charge in [-0.2, -0.15) is 15.4 Å². The smallest absolute Gasteiger partial charge is 0.274 e. The van der Waals surface area contributed by atoms with E-state index in [-0.39, 0.29) is 11.6 Å². The molecule has 3 aromatic rings. The Morgan fingerprint density at radius 2 is 1.96 bits per heavy atom. The topological polar surface area (TPSA) is 107 Å². The van der Waals surface area contributed by atoms with Crippen molar-refractivity contribution in [1.82, 2.24) is 30.3 Å². The van der Waals surface area contributed by atoms with Gasteiger partial charge in [0.05, 0.1) is 20.4 Å². The second-order valence-corrected chi connectivity index (χ2v) is 5.30. The van der Waals surface area contributed by atoms with Crippen LogP contribution in [-0.4, -0.2) is 45.1 Å². The maximum atomic E-state index is 12.5. The first-order valence-corrected chi connectivity index (χ1v) is 7.49. The van der Waals surface area contributed by atoms with Gasteiger partial charge in [0.1, 0.15) is 23.4 Å². The van der Waals surface area contributed by atoms with Gasteiger partial charge in [-0.05, 0) is 17.7 Å². The molecule has 0 aliphatic carbocycles. The van der Waals surface area contributed by atoms with E-state index in [9.17, 15) is 4.79 Å². The number of imidazole rings is 1. The van der Waals surface area contributed by atoms with Crippen LogP contribution >= 0.6 is 0 Å². The van der Waals surface area contributed by atoms with Gasteiger partial charge in [-0.15, -0.1) is 0 Å². The maximum absolute atomic E-state index is 12.5. The highest BCUT2D eigenvalue weighted by Crippen LogP contribution is 2.29. The summed E-state index contributed by atoms with van der Waals surface area (Å²) in [5, 5.41) is 12.8. The lowest BCUT2D eigenvalue weighted by molar-refractivity contribution is 0.0936. The van der Waals surface area contributed by atoms with Crippen molar-refractivity contribution in [3.63, 3.8) is 0 Å². The zero-order chi connectivity index (χ0) is 17.8. The van der Waals surface area contributed by atoms with Crippen molar-refractivity contribution < 1.29 is 14.3 Å². The highest BCUT2D eigenvalue weighted by Gasteiger charge is 2.23. The molecule has 0 aliphatic rings. The van der Waals surface area contributed by atoms with E-state index in [2.05, 4.69) is 25.7 Å². The van der Waals surface area contributed by atoms with Crippen LogP contribution in [-0.2, 0) is 7.05 Å². The number of hydrogen-bond acceptors (Lipinski definition) is 6. The van der Waals surface area contributed by atoms with Crippen LogP contribution < -0.4 is 14.8 Å². The molecule has 9 nitrogen and oxygen atoms in total. The third-order valence-electron chi connectivity index (χ3n) is 3.75. The third kappa shape index (κ3) is 3.44. The molecule has 1 amide bonds. The number of methoxy groups -OCH3 is 2. The van der Waals surface area contributed by atoms with E-state index in [1.807, 2.05) is 29.9 Å². The van der Waals surface area contributed by atoms with Gasteiger partial charge >= 0.3 is 0 Å². The number of nitrogens with one attached hydrogen (secondary N) is 2. The van der Waals surface area contributed by atoms with Gasteiger partial charge in [0.15, 0.2) is 5.69 Å². The average Bonchev–Trinajstić information content (AvgIpc) is 3.31. The van der Waals surface area contributed by atoms with E-state index in [0.717, 1.165) is 5.56 Å². The number of aromatic amines is 1. The molecule has 9 heteroatoms. The summed E-state index contributed by atoms with van der Waals surface area (Å²) in [5.41, 5.74) is 0.955. The van der Waals surface area contributed by atoms with Crippen molar-refractivity contribution in [3.8, 4) is 11.5 Å². The summed E-state index contributed by atoms with van der Waals surface area (Å²) in [6.07, 6.45) is 4.83. The van der Waals surface area contributed by atoms with Crippen LogP contribution in [0.2, 0.25) is 0 Å². The predicted octanol–water partition coefficient (Wildman–Crippen LogP) is 1.07. The number of nitrogens with zero attached hydrogens (tertiary/aromatic N) is 4. The molecule has 0 radical (unpaired) electrons.